The number of fused-ring (bicyclic) bond motifs is 1. The van der Waals surface area contributed by atoms with Crippen LogP contribution in [0.25, 0.3) is 11.0 Å². The van der Waals surface area contributed by atoms with E-state index in [4.69, 9.17) is 16.0 Å². The van der Waals surface area contributed by atoms with Crippen molar-refractivity contribution in [3.8, 4) is 0 Å². The molecule has 5 nitrogen and oxygen atoms in total. The van der Waals surface area contributed by atoms with Crippen molar-refractivity contribution in [1.29, 1.82) is 0 Å². The fourth-order valence-corrected chi connectivity index (χ4v) is 1.86. The Bertz CT molecular complexity index is 690. The summed E-state index contributed by atoms with van der Waals surface area (Å²) in [5, 5.41) is 10.9. The molecule has 1 aromatic carbocycles. The largest absolute Gasteiger partial charge is 0.418 e. The molecule has 0 fully saturated rings. The number of aryl methyl sites for hydroxylation is 2. The van der Waals surface area contributed by atoms with Crippen LogP contribution in [0.1, 0.15) is 11.1 Å². The average Bonchev–Trinajstić information content (AvgIpc) is 2.21. The minimum Gasteiger partial charge on any atom is -0.418 e. The summed E-state index contributed by atoms with van der Waals surface area (Å²) < 4.78 is 4.89. The molecule has 88 valence electrons. The Kier molecular flexibility index (Phi) is 2.63. The van der Waals surface area contributed by atoms with E-state index in [0.717, 1.165) is 11.1 Å². The molecule has 0 amide bonds. The van der Waals surface area contributed by atoms with Gasteiger partial charge in [-0.2, -0.15) is 0 Å². The molecule has 0 N–H and O–H groups in total. The van der Waals surface area contributed by atoms with Crippen LogP contribution in [0.5, 0.6) is 0 Å². The van der Waals surface area contributed by atoms with Gasteiger partial charge in [-0.1, -0.05) is 11.6 Å². The Morgan fingerprint density at radius 1 is 1.29 bits per heavy atom. The molecule has 0 aliphatic carbocycles. The van der Waals surface area contributed by atoms with Gasteiger partial charge in [0.2, 0.25) is 0 Å². The van der Waals surface area contributed by atoms with Crippen molar-refractivity contribution in [1.82, 2.24) is 0 Å². The van der Waals surface area contributed by atoms with Crippen molar-refractivity contribution < 1.29 is 9.34 Å². The van der Waals surface area contributed by atoms with Crippen molar-refractivity contribution in [2.45, 2.75) is 13.8 Å². The third-order valence-corrected chi connectivity index (χ3v) is 3.00. The van der Waals surface area contributed by atoms with E-state index < -0.39 is 16.2 Å². The summed E-state index contributed by atoms with van der Waals surface area (Å²) >= 11 is 5.86. The number of nitro groups is 1. The standard InChI is InChI=1S/C11H8ClNO4/c1-5-3-7-8(4-6(5)2)17-11(14)10(9(7)12)13(15)16/h3-4H,1-2H3. The predicted molar refractivity (Wildman–Crippen MR) is 63.6 cm³/mol. The highest BCUT2D eigenvalue weighted by Crippen LogP contribution is 2.30. The Morgan fingerprint density at radius 3 is 2.47 bits per heavy atom. The summed E-state index contributed by atoms with van der Waals surface area (Å²) in [6.45, 7) is 3.70. The summed E-state index contributed by atoms with van der Waals surface area (Å²) in [5.74, 6) is 0. The Balaban J connectivity index is 2.97. The summed E-state index contributed by atoms with van der Waals surface area (Å²) in [7, 11) is 0. The monoisotopic (exact) mass is 253 g/mol. The number of hydrogen-bond donors (Lipinski definition) is 0. The van der Waals surface area contributed by atoms with Crippen LogP contribution in [-0.4, -0.2) is 4.92 Å². The molecule has 0 saturated heterocycles. The van der Waals surface area contributed by atoms with Crippen LogP contribution < -0.4 is 5.63 Å². The van der Waals surface area contributed by atoms with E-state index in [-0.39, 0.29) is 10.6 Å². The topological polar surface area (TPSA) is 73.3 Å². The molecular formula is C11H8ClNO4. The van der Waals surface area contributed by atoms with E-state index in [2.05, 4.69) is 0 Å². The van der Waals surface area contributed by atoms with Gasteiger partial charge in [-0.05, 0) is 37.1 Å². The summed E-state index contributed by atoms with van der Waals surface area (Å²) in [5.41, 5.74) is 0.347. The number of rotatable bonds is 1. The minimum atomic E-state index is -1.03. The molecule has 6 heteroatoms. The molecule has 2 aromatic rings. The lowest BCUT2D eigenvalue weighted by atomic mass is 10.1. The van der Waals surface area contributed by atoms with Crippen LogP contribution in [0.3, 0.4) is 0 Å². The van der Waals surface area contributed by atoms with Crippen molar-refractivity contribution in [2.24, 2.45) is 0 Å². The van der Waals surface area contributed by atoms with Gasteiger partial charge in [-0.25, -0.2) is 4.79 Å². The molecule has 2 rings (SSSR count). The van der Waals surface area contributed by atoms with E-state index in [9.17, 15) is 14.9 Å². The van der Waals surface area contributed by atoms with Crippen LogP contribution in [0.2, 0.25) is 5.02 Å². The molecule has 0 saturated carbocycles. The molecule has 17 heavy (non-hydrogen) atoms. The third-order valence-electron chi connectivity index (χ3n) is 2.62. The first-order chi connectivity index (χ1) is 7.91. The smallest absolute Gasteiger partial charge is 0.416 e. The normalized spacial score (nSPS) is 10.8. The summed E-state index contributed by atoms with van der Waals surface area (Å²) in [6, 6.07) is 3.31. The zero-order valence-corrected chi connectivity index (χ0v) is 9.87. The van der Waals surface area contributed by atoms with E-state index in [1.165, 1.54) is 0 Å². The van der Waals surface area contributed by atoms with Crippen LogP contribution >= 0.6 is 11.6 Å². The summed E-state index contributed by atoms with van der Waals surface area (Å²) in [4.78, 5) is 21.3. The number of halogens is 1. The third kappa shape index (κ3) is 1.78. The molecule has 0 radical (unpaired) electrons. The predicted octanol–water partition coefficient (Wildman–Crippen LogP) is 2.97. The molecule has 0 bridgehead atoms. The lowest BCUT2D eigenvalue weighted by molar-refractivity contribution is -0.387. The average molecular weight is 254 g/mol. The van der Waals surface area contributed by atoms with Gasteiger partial charge in [-0.15, -0.1) is 0 Å². The van der Waals surface area contributed by atoms with Gasteiger partial charge in [0.25, 0.3) is 0 Å². The second-order valence-corrected chi connectivity index (χ2v) is 4.12. The second kappa shape index (κ2) is 3.85. The highest BCUT2D eigenvalue weighted by molar-refractivity contribution is 6.37. The zero-order chi connectivity index (χ0) is 12.7. The molecule has 0 aliphatic heterocycles. The molecular weight excluding hydrogens is 246 g/mol. The van der Waals surface area contributed by atoms with E-state index in [1.54, 1.807) is 12.1 Å². The highest BCUT2D eigenvalue weighted by atomic mass is 35.5. The maximum atomic E-state index is 11.4. The lowest BCUT2D eigenvalue weighted by Crippen LogP contribution is -2.07. The molecule has 0 unspecified atom stereocenters. The van der Waals surface area contributed by atoms with Crippen LogP contribution in [0.15, 0.2) is 21.3 Å². The van der Waals surface area contributed by atoms with Gasteiger partial charge in [0, 0.05) is 5.39 Å². The first-order valence-electron chi connectivity index (χ1n) is 4.79. The fraction of sp³-hybridized carbons (Fsp3) is 0.182. The second-order valence-electron chi connectivity index (χ2n) is 3.74. The van der Waals surface area contributed by atoms with Crippen molar-refractivity contribution >= 4 is 28.3 Å². The van der Waals surface area contributed by atoms with Crippen molar-refractivity contribution in [3.05, 3.63) is 48.8 Å². The maximum absolute atomic E-state index is 11.4. The molecule has 1 aromatic heterocycles. The van der Waals surface area contributed by atoms with Gasteiger partial charge >= 0.3 is 11.3 Å². The first kappa shape index (κ1) is 11.6. The fourth-order valence-electron chi connectivity index (χ4n) is 1.57. The van der Waals surface area contributed by atoms with Gasteiger partial charge in [0.15, 0.2) is 0 Å². The Morgan fingerprint density at radius 2 is 1.88 bits per heavy atom. The van der Waals surface area contributed by atoms with Gasteiger partial charge in [0.1, 0.15) is 10.6 Å². The number of benzene rings is 1. The van der Waals surface area contributed by atoms with E-state index in [1.807, 2.05) is 13.8 Å². The van der Waals surface area contributed by atoms with Crippen LogP contribution in [0, 0.1) is 24.0 Å². The van der Waals surface area contributed by atoms with E-state index in [0.29, 0.717) is 5.39 Å². The van der Waals surface area contributed by atoms with Crippen LogP contribution in [-0.2, 0) is 0 Å². The molecule has 0 atom stereocenters. The Hall–Kier alpha value is -1.88. The van der Waals surface area contributed by atoms with Crippen molar-refractivity contribution in [3.63, 3.8) is 0 Å². The Labute approximate surface area is 101 Å². The minimum absolute atomic E-state index is 0.177. The van der Waals surface area contributed by atoms with Gasteiger partial charge in [0.05, 0.1) is 4.92 Å². The quantitative estimate of drug-likeness (QED) is 0.445. The molecule has 0 aliphatic rings. The van der Waals surface area contributed by atoms with E-state index >= 15 is 0 Å². The zero-order valence-electron chi connectivity index (χ0n) is 9.11. The SMILES string of the molecule is Cc1cc2oc(=O)c([N+](=O)[O-])c(Cl)c2cc1C. The van der Waals surface area contributed by atoms with Gasteiger partial charge < -0.3 is 4.42 Å². The molecule has 1 heterocycles. The number of hydrogen-bond acceptors (Lipinski definition) is 4. The van der Waals surface area contributed by atoms with Crippen molar-refractivity contribution in [2.75, 3.05) is 0 Å². The summed E-state index contributed by atoms with van der Waals surface area (Å²) in [6.07, 6.45) is 0. The first-order valence-corrected chi connectivity index (χ1v) is 5.17. The maximum Gasteiger partial charge on any atom is 0.416 e. The lowest BCUT2D eigenvalue weighted by Gasteiger charge is -2.04. The molecule has 0 spiro atoms. The number of nitrogens with zero attached hydrogens (tertiary/aromatic N) is 1. The highest BCUT2D eigenvalue weighted by Gasteiger charge is 2.23. The van der Waals surface area contributed by atoms with Gasteiger partial charge in [-0.3, -0.25) is 10.1 Å². The van der Waals surface area contributed by atoms with Crippen LogP contribution in [0.4, 0.5) is 5.69 Å².